The van der Waals surface area contributed by atoms with Crippen molar-refractivity contribution < 1.29 is 52.7 Å². The highest BCUT2D eigenvalue weighted by Gasteiger charge is 2.37. The minimum Gasteiger partial charge on any atom is -0.478 e. The molecule has 0 aliphatic carbocycles. The van der Waals surface area contributed by atoms with Crippen LogP contribution in [0.2, 0.25) is 0 Å². The van der Waals surface area contributed by atoms with E-state index in [0.29, 0.717) is 65.5 Å². The first-order valence-electron chi connectivity index (χ1n) is 28.0. The number of aromatic carboxylic acids is 1. The predicted octanol–water partition coefficient (Wildman–Crippen LogP) is 6.20. The Balaban J connectivity index is 0.611. The number of ether oxygens (including phenoxy) is 6. The van der Waals surface area contributed by atoms with Gasteiger partial charge in [-0.25, -0.2) is 34.2 Å². The summed E-state index contributed by atoms with van der Waals surface area (Å²) in [6, 6.07) is 11.9. The number of carbonyl (C=O) groups is 4. The summed E-state index contributed by atoms with van der Waals surface area (Å²) in [5.74, 6) is 3.86. The van der Waals surface area contributed by atoms with Crippen LogP contribution < -0.4 is 46.5 Å². The molecule has 3 aromatic carbocycles. The van der Waals surface area contributed by atoms with Crippen LogP contribution in [0.4, 0.5) is 21.1 Å². The SMILES string of the molecule is CC(C)(CCOC(=O)NCCOCCOCCNC(=O)c1ccc(C(=O)O)c(C2=c3cc4c5c(c3Oc3c2cc2c6c3CCCN6CCC2)CCC[N+]=5CCC4)c1)SSCOCCCCOC(=O)NC#Cc1c[nH]c2ncnc(N)c12. The van der Waals surface area contributed by atoms with E-state index >= 15 is 0 Å². The molecule has 0 saturated carbocycles. The third-order valence-corrected chi connectivity index (χ3v) is 18.1. The van der Waals surface area contributed by atoms with Gasteiger partial charge in [0.2, 0.25) is 5.36 Å². The standard InChI is InChI=1S/C59H69N9O11S2/c1-59(2,81-80-36-76-24-3-4-25-77-57(72)62-17-15-40-34-64-54-47(40)53(60)65-35-66-54)16-26-78-58(73)63-19-28-75-30-29-74-27-18-61-55(69)39-13-14-41(56(70)71)44(33-39)48-45-31-37-9-5-20-67-22-7-11-42(49(37)67)51(45)79-52-43-12-8-23-68-21-6-10-38(50(43)68)32-46(48)52/h13-14,31-35H,3-12,16,18-30,36H2,1-2H3,(H6-,60,61,62,63,64,65,66,69,70,71,72,73)/p+1. The number of rotatable bonds is 24. The molecular formula is C59H70N9O11S2+. The Labute approximate surface area is 478 Å². The Morgan fingerprint density at radius 1 is 0.827 bits per heavy atom. The summed E-state index contributed by atoms with van der Waals surface area (Å²) in [4.78, 5) is 64.8. The third kappa shape index (κ3) is 13.7. The van der Waals surface area contributed by atoms with Gasteiger partial charge in [-0.1, -0.05) is 21.6 Å². The first-order chi connectivity index (χ1) is 39.4. The van der Waals surface area contributed by atoms with Crippen LogP contribution in [0.25, 0.3) is 16.6 Å². The van der Waals surface area contributed by atoms with Gasteiger partial charge in [0.15, 0.2) is 0 Å². The van der Waals surface area contributed by atoms with Crippen LogP contribution >= 0.6 is 21.6 Å². The van der Waals surface area contributed by atoms with Crippen LogP contribution in [0.3, 0.4) is 0 Å². The number of anilines is 2. The van der Waals surface area contributed by atoms with Gasteiger partial charge in [0.1, 0.15) is 48.3 Å². The van der Waals surface area contributed by atoms with Gasteiger partial charge in [-0.3, -0.25) is 4.79 Å². The Kier molecular flexibility index (Phi) is 18.9. The van der Waals surface area contributed by atoms with E-state index in [-0.39, 0.29) is 62.3 Å². The molecule has 22 heteroatoms. The zero-order valence-corrected chi connectivity index (χ0v) is 47.6. The smallest absolute Gasteiger partial charge is 0.418 e. The van der Waals surface area contributed by atoms with Gasteiger partial charge in [-0.05, 0) is 119 Å². The first-order valence-corrected chi connectivity index (χ1v) is 30.3. The van der Waals surface area contributed by atoms with E-state index in [0.717, 1.165) is 112 Å². The topological polar surface area (TPSA) is 254 Å². The number of unbranched alkanes of at least 4 members (excludes halogenated alkanes) is 1. The molecule has 10 rings (SSSR count). The normalized spacial score (nSPS) is 14.8. The molecule has 0 bridgehead atoms. The average molecular weight is 1150 g/mol. The molecule has 20 nitrogen and oxygen atoms in total. The number of benzene rings is 3. The first kappa shape index (κ1) is 57.2. The lowest BCUT2D eigenvalue weighted by molar-refractivity contribution is 0.0486. The van der Waals surface area contributed by atoms with E-state index in [1.54, 1.807) is 46.0 Å². The monoisotopic (exact) mass is 1140 g/mol. The molecular weight excluding hydrogens is 1070 g/mol. The highest BCUT2D eigenvalue weighted by molar-refractivity contribution is 8.77. The number of carbonyl (C=O) groups excluding carboxylic acids is 3. The maximum atomic E-state index is 13.8. The lowest BCUT2D eigenvalue weighted by Crippen LogP contribution is -2.45. The lowest BCUT2D eigenvalue weighted by Gasteiger charge is -2.39. The largest absolute Gasteiger partial charge is 0.478 e. The van der Waals surface area contributed by atoms with Gasteiger partial charge in [0, 0.05) is 101 Å². The van der Waals surface area contributed by atoms with Crippen LogP contribution in [0, 0.1) is 12.0 Å². The quantitative estimate of drug-likeness (QED) is 0.00985. The number of nitrogen functional groups attached to an aromatic ring is 1. The van der Waals surface area contributed by atoms with Gasteiger partial charge >= 0.3 is 18.2 Å². The van der Waals surface area contributed by atoms with E-state index in [1.807, 2.05) is 0 Å². The van der Waals surface area contributed by atoms with E-state index in [9.17, 15) is 24.3 Å². The molecule has 5 aliphatic heterocycles. The van der Waals surface area contributed by atoms with Crippen molar-refractivity contribution >= 4 is 73.8 Å². The summed E-state index contributed by atoms with van der Waals surface area (Å²) in [6.07, 6.45) is 11.7. The summed E-state index contributed by atoms with van der Waals surface area (Å²) in [5, 5.41) is 21.6. The molecule has 0 radical (unpaired) electrons. The van der Waals surface area contributed by atoms with Crippen molar-refractivity contribution in [1.29, 1.82) is 0 Å². The molecule has 428 valence electrons. The van der Waals surface area contributed by atoms with E-state index in [2.05, 4.69) is 78.3 Å². The van der Waals surface area contributed by atoms with Crippen molar-refractivity contribution in [3.63, 3.8) is 0 Å². The number of hydrogen-bond acceptors (Lipinski definition) is 16. The molecule has 7 N–H and O–H groups in total. The van der Waals surface area contributed by atoms with Crippen LogP contribution in [-0.4, -0.2) is 140 Å². The molecule has 81 heavy (non-hydrogen) atoms. The number of carboxylic acids is 1. The Morgan fingerprint density at radius 2 is 1.58 bits per heavy atom. The van der Waals surface area contributed by atoms with Gasteiger partial charge in [-0.15, -0.1) is 0 Å². The van der Waals surface area contributed by atoms with Gasteiger partial charge in [0.05, 0.1) is 61.7 Å². The summed E-state index contributed by atoms with van der Waals surface area (Å²) < 4.78 is 37.2. The van der Waals surface area contributed by atoms with Crippen molar-refractivity contribution in [2.24, 2.45) is 0 Å². The minimum atomic E-state index is -1.06. The molecule has 5 aliphatic rings. The number of aromatic amines is 1. The predicted molar refractivity (Wildman–Crippen MR) is 311 cm³/mol. The average Bonchev–Trinajstić information content (AvgIpc) is 4.02. The molecule has 7 heterocycles. The number of hydrogen-bond donors (Lipinski definition) is 6. The molecule has 2 aromatic heterocycles. The Morgan fingerprint density at radius 3 is 2.41 bits per heavy atom. The van der Waals surface area contributed by atoms with E-state index in [4.69, 9.17) is 34.2 Å². The molecule has 0 unspecified atom stereocenters. The number of aromatic nitrogens is 3. The summed E-state index contributed by atoms with van der Waals surface area (Å²) >= 11 is 0. The molecule has 0 atom stereocenters. The fourth-order valence-corrected chi connectivity index (χ4v) is 13.5. The number of fused-ring (bicyclic) bond motifs is 5. The Hall–Kier alpha value is -7.03. The second kappa shape index (κ2) is 26.7. The second-order valence-corrected chi connectivity index (χ2v) is 24.0. The van der Waals surface area contributed by atoms with E-state index in [1.165, 1.54) is 39.6 Å². The van der Waals surface area contributed by atoms with Crippen molar-refractivity contribution in [3.8, 4) is 23.5 Å². The molecule has 0 spiro atoms. The number of H-pyrrole nitrogens is 1. The fourth-order valence-electron chi connectivity index (χ4n) is 11.3. The number of aryl methyl sites for hydroxylation is 2. The van der Waals surface area contributed by atoms with Crippen LogP contribution in [0.5, 0.6) is 11.5 Å². The maximum absolute atomic E-state index is 13.8. The maximum Gasteiger partial charge on any atom is 0.418 e. The lowest BCUT2D eigenvalue weighted by atomic mass is 9.81. The summed E-state index contributed by atoms with van der Waals surface area (Å²) in [6.45, 7) is 10.8. The number of nitrogens with zero attached hydrogens (tertiary/aromatic N) is 4. The van der Waals surface area contributed by atoms with E-state index < -0.39 is 18.2 Å². The van der Waals surface area contributed by atoms with Crippen molar-refractivity contribution in [2.45, 2.75) is 89.2 Å². The zero-order valence-electron chi connectivity index (χ0n) is 45.9. The number of carboxylic acid groups (broad SMARTS) is 1. The highest BCUT2D eigenvalue weighted by Crippen LogP contribution is 2.49. The van der Waals surface area contributed by atoms with Gasteiger partial charge < -0.3 is 59.8 Å². The molecule has 0 fully saturated rings. The summed E-state index contributed by atoms with van der Waals surface area (Å²) in [5.41, 5.74) is 16.0. The summed E-state index contributed by atoms with van der Waals surface area (Å²) in [7, 11) is 3.24. The number of alkyl carbamates (subject to hydrolysis) is 2. The fraction of sp³-hybridized carbons (Fsp3) is 0.475. The number of nitrogens with two attached hydrogens (primary N) is 1. The van der Waals surface area contributed by atoms with Crippen LogP contribution in [0.15, 0.2) is 42.9 Å². The van der Waals surface area contributed by atoms with Gasteiger partial charge in [-0.2, -0.15) is 0 Å². The molecule has 0 saturated heterocycles. The van der Waals surface area contributed by atoms with Crippen molar-refractivity contribution in [1.82, 2.24) is 35.5 Å². The highest BCUT2D eigenvalue weighted by atomic mass is 33.1. The zero-order chi connectivity index (χ0) is 56.3. The minimum absolute atomic E-state index is 0.138. The number of amides is 3. The molecule has 5 aromatic rings. The van der Waals surface area contributed by atoms with Crippen molar-refractivity contribution in [2.75, 3.05) is 102 Å². The van der Waals surface area contributed by atoms with Crippen LogP contribution in [-0.2, 0) is 49.4 Å². The molecule has 3 amide bonds. The van der Waals surface area contributed by atoms with Crippen LogP contribution in [0.1, 0.15) is 118 Å². The Bertz CT molecular complexity index is 3390. The van der Waals surface area contributed by atoms with Gasteiger partial charge in [0.25, 0.3) is 5.91 Å². The third-order valence-electron chi connectivity index (χ3n) is 15.0. The number of nitrogens with one attached hydrogen (secondary N) is 4. The van der Waals surface area contributed by atoms with Crippen molar-refractivity contribution in [3.05, 3.63) is 104 Å². The second-order valence-electron chi connectivity index (χ2n) is 21.1.